The summed E-state index contributed by atoms with van der Waals surface area (Å²) in [4.78, 5) is 13.2. The predicted octanol–water partition coefficient (Wildman–Crippen LogP) is 6.68. The van der Waals surface area contributed by atoms with E-state index >= 15 is 0 Å². The maximum atomic E-state index is 13.6. The molecule has 2 N–H and O–H groups in total. The highest BCUT2D eigenvalue weighted by Crippen LogP contribution is 2.37. The molecular weight excluding hydrogens is 453 g/mol. The van der Waals surface area contributed by atoms with Gasteiger partial charge in [0.25, 0.3) is 0 Å². The molecule has 0 aliphatic rings. The first-order chi connectivity index (χ1) is 16.6. The molecule has 4 rings (SSSR count). The maximum Gasteiger partial charge on any atom is 0.418 e. The first-order valence-electron chi connectivity index (χ1n) is 11.4. The lowest BCUT2D eigenvalue weighted by Crippen LogP contribution is -2.10. The first-order valence-corrected chi connectivity index (χ1v) is 11.4. The lowest BCUT2D eigenvalue weighted by atomic mass is 9.87. The summed E-state index contributed by atoms with van der Waals surface area (Å²) in [5, 5.41) is 13.3. The molecule has 0 radical (unpaired) electrons. The van der Waals surface area contributed by atoms with Crippen molar-refractivity contribution in [2.24, 2.45) is 0 Å². The normalized spacial score (nSPS) is 12.2. The molecule has 0 spiro atoms. The number of fused-ring (bicyclic) bond motifs is 1. The molecule has 0 fully saturated rings. The Labute approximate surface area is 202 Å². The number of alkyl halides is 3. The average Bonchev–Trinajstić information content (AvgIpc) is 2.81. The van der Waals surface area contributed by atoms with Crippen molar-refractivity contribution in [1.82, 2.24) is 15.0 Å². The van der Waals surface area contributed by atoms with Crippen LogP contribution in [0.4, 0.5) is 24.7 Å². The van der Waals surface area contributed by atoms with Gasteiger partial charge in [-0.3, -0.25) is 4.98 Å². The number of hydrogen-bond donors (Lipinski definition) is 2. The van der Waals surface area contributed by atoms with Crippen LogP contribution in [0.1, 0.15) is 44.1 Å². The SMILES string of the molecule is CC(C)(C)c1ccc(Nc2nc(CCCO)nc3cc(-c4ncccc4C(F)(F)F)ccc23)cc1. The summed E-state index contributed by atoms with van der Waals surface area (Å²) in [6.45, 7) is 6.42. The average molecular weight is 481 g/mol. The van der Waals surface area contributed by atoms with Crippen molar-refractivity contribution < 1.29 is 18.3 Å². The minimum absolute atomic E-state index is 0.0126. The Morgan fingerprint density at radius 3 is 2.34 bits per heavy atom. The fourth-order valence-corrected chi connectivity index (χ4v) is 3.82. The summed E-state index contributed by atoms with van der Waals surface area (Å²) in [6.07, 6.45) is -2.27. The lowest BCUT2D eigenvalue weighted by molar-refractivity contribution is -0.137. The van der Waals surface area contributed by atoms with Crippen LogP contribution in [0.25, 0.3) is 22.2 Å². The number of rotatable bonds is 6. The van der Waals surface area contributed by atoms with Gasteiger partial charge in [-0.05, 0) is 53.8 Å². The highest BCUT2D eigenvalue weighted by Gasteiger charge is 2.34. The molecule has 0 unspecified atom stereocenters. The van der Waals surface area contributed by atoms with Crippen LogP contribution in [-0.2, 0) is 18.0 Å². The number of aliphatic hydroxyl groups excluding tert-OH is 1. The Morgan fingerprint density at radius 1 is 0.943 bits per heavy atom. The molecular formula is C27H27F3N4O. The van der Waals surface area contributed by atoms with E-state index in [-0.39, 0.29) is 17.7 Å². The minimum atomic E-state index is -4.53. The standard InChI is InChI=1S/C27H27F3N4O/c1-26(2,3)18-9-11-19(12-10-18)32-25-20-13-8-17(16-22(20)33-23(34-25)7-5-15-35)24-21(27(28,29)30)6-4-14-31-24/h4,6,8-14,16,35H,5,7,15H2,1-3H3,(H,32,33,34). The zero-order valence-corrected chi connectivity index (χ0v) is 19.8. The summed E-state index contributed by atoms with van der Waals surface area (Å²) < 4.78 is 40.7. The molecule has 182 valence electrons. The molecule has 0 saturated carbocycles. The van der Waals surface area contributed by atoms with Gasteiger partial charge in [-0.2, -0.15) is 13.2 Å². The van der Waals surface area contributed by atoms with Gasteiger partial charge in [0.15, 0.2) is 0 Å². The van der Waals surface area contributed by atoms with Crippen molar-refractivity contribution in [3.63, 3.8) is 0 Å². The van der Waals surface area contributed by atoms with Gasteiger partial charge >= 0.3 is 6.18 Å². The highest BCUT2D eigenvalue weighted by atomic mass is 19.4. The molecule has 0 aliphatic heterocycles. The molecule has 0 saturated heterocycles. The Bertz CT molecular complexity index is 1330. The van der Waals surface area contributed by atoms with Gasteiger partial charge < -0.3 is 10.4 Å². The van der Waals surface area contributed by atoms with Crippen LogP contribution in [0.2, 0.25) is 0 Å². The van der Waals surface area contributed by atoms with E-state index < -0.39 is 11.7 Å². The molecule has 4 aromatic rings. The topological polar surface area (TPSA) is 70.9 Å². The highest BCUT2D eigenvalue weighted by molar-refractivity contribution is 5.93. The van der Waals surface area contributed by atoms with E-state index in [4.69, 9.17) is 0 Å². The van der Waals surface area contributed by atoms with Crippen LogP contribution in [-0.4, -0.2) is 26.7 Å². The number of pyridine rings is 1. The number of nitrogens with one attached hydrogen (secondary N) is 1. The summed E-state index contributed by atoms with van der Waals surface area (Å²) in [5.74, 6) is 1.05. The van der Waals surface area contributed by atoms with Crippen LogP contribution in [0.5, 0.6) is 0 Å². The third-order valence-electron chi connectivity index (χ3n) is 5.70. The summed E-state index contributed by atoms with van der Waals surface area (Å²) in [6, 6.07) is 15.3. The van der Waals surface area contributed by atoms with E-state index in [1.165, 1.54) is 17.8 Å². The zero-order valence-electron chi connectivity index (χ0n) is 19.8. The Balaban J connectivity index is 1.78. The predicted molar refractivity (Wildman–Crippen MR) is 132 cm³/mol. The smallest absolute Gasteiger partial charge is 0.396 e. The van der Waals surface area contributed by atoms with Crippen LogP contribution < -0.4 is 5.32 Å². The fraction of sp³-hybridized carbons (Fsp3) is 0.296. The number of anilines is 2. The monoisotopic (exact) mass is 480 g/mol. The Hall–Kier alpha value is -3.52. The number of aliphatic hydroxyl groups is 1. The second-order valence-electron chi connectivity index (χ2n) is 9.40. The molecule has 0 aliphatic carbocycles. The molecule has 0 atom stereocenters. The van der Waals surface area contributed by atoms with Gasteiger partial charge in [-0.25, -0.2) is 9.97 Å². The van der Waals surface area contributed by atoms with Gasteiger partial charge in [-0.1, -0.05) is 39.0 Å². The van der Waals surface area contributed by atoms with Crippen LogP contribution >= 0.6 is 0 Å². The number of benzene rings is 2. The van der Waals surface area contributed by atoms with E-state index in [1.54, 1.807) is 18.2 Å². The zero-order chi connectivity index (χ0) is 25.2. The van der Waals surface area contributed by atoms with Crippen LogP contribution in [0.3, 0.4) is 0 Å². The number of nitrogens with zero attached hydrogens (tertiary/aromatic N) is 3. The van der Waals surface area contributed by atoms with Gasteiger partial charge in [0.2, 0.25) is 0 Å². The minimum Gasteiger partial charge on any atom is -0.396 e. The Kier molecular flexibility index (Phi) is 6.76. The van der Waals surface area contributed by atoms with Crippen molar-refractivity contribution in [2.75, 3.05) is 11.9 Å². The largest absolute Gasteiger partial charge is 0.418 e. The molecule has 35 heavy (non-hydrogen) atoms. The molecule has 5 nitrogen and oxygen atoms in total. The summed E-state index contributed by atoms with van der Waals surface area (Å²) in [5.41, 5.74) is 1.92. The second-order valence-corrected chi connectivity index (χ2v) is 9.40. The van der Waals surface area contributed by atoms with Crippen molar-refractivity contribution in [3.8, 4) is 11.3 Å². The Morgan fingerprint density at radius 2 is 1.69 bits per heavy atom. The van der Waals surface area contributed by atoms with Gasteiger partial charge in [0, 0.05) is 35.9 Å². The third-order valence-corrected chi connectivity index (χ3v) is 5.70. The number of aryl methyl sites for hydroxylation is 1. The fourth-order valence-electron chi connectivity index (χ4n) is 3.82. The quantitative estimate of drug-likeness (QED) is 0.322. The molecule has 2 aromatic heterocycles. The van der Waals surface area contributed by atoms with Crippen molar-refractivity contribution in [2.45, 2.75) is 45.2 Å². The number of aromatic nitrogens is 3. The third kappa shape index (κ3) is 5.59. The molecule has 0 amide bonds. The molecule has 0 bridgehead atoms. The summed E-state index contributed by atoms with van der Waals surface area (Å²) in [7, 11) is 0. The van der Waals surface area contributed by atoms with Crippen molar-refractivity contribution in [1.29, 1.82) is 0 Å². The van der Waals surface area contributed by atoms with E-state index in [0.29, 0.717) is 41.0 Å². The van der Waals surface area contributed by atoms with E-state index in [0.717, 1.165) is 11.8 Å². The van der Waals surface area contributed by atoms with Gasteiger partial charge in [0.1, 0.15) is 11.6 Å². The maximum absolute atomic E-state index is 13.6. The number of hydrogen-bond acceptors (Lipinski definition) is 5. The van der Waals surface area contributed by atoms with Gasteiger partial charge in [0.05, 0.1) is 16.8 Å². The first kappa shape index (κ1) is 24.6. The second kappa shape index (κ2) is 9.62. The van der Waals surface area contributed by atoms with Crippen molar-refractivity contribution in [3.05, 3.63) is 77.7 Å². The van der Waals surface area contributed by atoms with Crippen LogP contribution in [0.15, 0.2) is 60.8 Å². The molecule has 2 aromatic carbocycles. The summed E-state index contributed by atoms with van der Waals surface area (Å²) >= 11 is 0. The molecule has 2 heterocycles. The van der Waals surface area contributed by atoms with E-state index in [9.17, 15) is 18.3 Å². The lowest BCUT2D eigenvalue weighted by Gasteiger charge is -2.19. The van der Waals surface area contributed by atoms with Gasteiger partial charge in [-0.15, -0.1) is 0 Å². The van der Waals surface area contributed by atoms with E-state index in [1.807, 2.05) is 12.1 Å². The van der Waals surface area contributed by atoms with E-state index in [2.05, 4.69) is 53.2 Å². The molecule has 8 heteroatoms. The number of halogens is 3. The van der Waals surface area contributed by atoms with Crippen LogP contribution in [0, 0.1) is 0 Å². The van der Waals surface area contributed by atoms with Crippen molar-refractivity contribution >= 4 is 22.4 Å².